The molecule has 3 rings (SSSR count). The molecule has 0 saturated heterocycles. The summed E-state index contributed by atoms with van der Waals surface area (Å²) in [6, 6.07) is 11.5. The highest BCUT2D eigenvalue weighted by Crippen LogP contribution is 2.34. The molecule has 0 aliphatic carbocycles. The Kier molecular flexibility index (Phi) is 5.64. The number of fused-ring (bicyclic) bond motifs is 1. The first-order chi connectivity index (χ1) is 13.2. The SMILES string of the molecule is CC(C)Oc1ccc(N(CC(=O)Nc2ccc3c(c2)OCO3)S(C)(=O)=O)cc1. The molecule has 0 spiro atoms. The van der Waals surface area contributed by atoms with Gasteiger partial charge in [-0.25, -0.2) is 8.42 Å². The van der Waals surface area contributed by atoms with Crippen molar-refractivity contribution in [2.45, 2.75) is 20.0 Å². The van der Waals surface area contributed by atoms with E-state index in [1.807, 2.05) is 13.8 Å². The van der Waals surface area contributed by atoms with E-state index in [0.717, 1.165) is 10.6 Å². The highest BCUT2D eigenvalue weighted by molar-refractivity contribution is 7.92. The predicted molar refractivity (Wildman–Crippen MR) is 106 cm³/mol. The lowest BCUT2D eigenvalue weighted by molar-refractivity contribution is -0.114. The third-order valence-corrected chi connectivity index (χ3v) is 4.98. The van der Waals surface area contributed by atoms with Crippen molar-refractivity contribution in [3.8, 4) is 17.2 Å². The summed E-state index contributed by atoms with van der Waals surface area (Å²) in [7, 11) is -3.66. The number of nitrogens with one attached hydrogen (secondary N) is 1. The van der Waals surface area contributed by atoms with Crippen LogP contribution in [0.25, 0.3) is 0 Å². The highest BCUT2D eigenvalue weighted by Gasteiger charge is 2.22. The van der Waals surface area contributed by atoms with Crippen molar-refractivity contribution in [1.29, 1.82) is 0 Å². The Bertz CT molecular complexity index is 957. The van der Waals surface area contributed by atoms with Crippen molar-refractivity contribution in [3.05, 3.63) is 42.5 Å². The van der Waals surface area contributed by atoms with Gasteiger partial charge in [-0.2, -0.15) is 0 Å². The first-order valence-electron chi connectivity index (χ1n) is 8.66. The number of nitrogens with zero attached hydrogens (tertiary/aromatic N) is 1. The lowest BCUT2D eigenvalue weighted by Gasteiger charge is -2.22. The number of carbonyl (C=O) groups is 1. The maximum absolute atomic E-state index is 12.4. The van der Waals surface area contributed by atoms with Crippen molar-refractivity contribution < 1.29 is 27.4 Å². The second-order valence-electron chi connectivity index (χ2n) is 6.55. The third kappa shape index (κ3) is 4.86. The number of rotatable bonds is 7. The lowest BCUT2D eigenvalue weighted by Crippen LogP contribution is -2.37. The molecule has 28 heavy (non-hydrogen) atoms. The Morgan fingerprint density at radius 1 is 1.14 bits per heavy atom. The number of hydrogen-bond acceptors (Lipinski definition) is 6. The molecule has 2 aromatic carbocycles. The van der Waals surface area contributed by atoms with E-state index in [-0.39, 0.29) is 19.4 Å². The van der Waals surface area contributed by atoms with Crippen molar-refractivity contribution in [3.63, 3.8) is 0 Å². The van der Waals surface area contributed by atoms with Crippen LogP contribution in [-0.2, 0) is 14.8 Å². The molecular formula is C19H22N2O6S. The van der Waals surface area contributed by atoms with E-state index in [2.05, 4.69) is 5.32 Å². The van der Waals surface area contributed by atoms with Gasteiger partial charge < -0.3 is 19.5 Å². The number of benzene rings is 2. The van der Waals surface area contributed by atoms with E-state index in [0.29, 0.717) is 28.6 Å². The molecule has 150 valence electrons. The zero-order chi connectivity index (χ0) is 20.3. The van der Waals surface area contributed by atoms with Gasteiger partial charge in [-0.15, -0.1) is 0 Å². The van der Waals surface area contributed by atoms with Crippen LogP contribution < -0.4 is 23.8 Å². The van der Waals surface area contributed by atoms with Crippen molar-refractivity contribution in [1.82, 2.24) is 0 Å². The van der Waals surface area contributed by atoms with Gasteiger partial charge in [0.05, 0.1) is 18.0 Å². The van der Waals surface area contributed by atoms with Crippen LogP contribution in [0.1, 0.15) is 13.8 Å². The molecule has 0 radical (unpaired) electrons. The molecule has 0 saturated carbocycles. The number of amides is 1. The number of sulfonamides is 1. The number of ether oxygens (including phenoxy) is 3. The summed E-state index contributed by atoms with van der Waals surface area (Å²) in [6.07, 6.45) is 1.06. The van der Waals surface area contributed by atoms with E-state index >= 15 is 0 Å². The minimum absolute atomic E-state index is 0.00402. The zero-order valence-corrected chi connectivity index (χ0v) is 16.7. The molecule has 1 amide bonds. The Morgan fingerprint density at radius 3 is 2.46 bits per heavy atom. The molecule has 1 aliphatic heterocycles. The van der Waals surface area contributed by atoms with Crippen LogP contribution in [-0.4, -0.2) is 40.0 Å². The molecule has 0 aromatic heterocycles. The van der Waals surface area contributed by atoms with Crippen LogP contribution in [0.4, 0.5) is 11.4 Å². The fraction of sp³-hybridized carbons (Fsp3) is 0.316. The van der Waals surface area contributed by atoms with Crippen molar-refractivity contribution in [2.75, 3.05) is 29.2 Å². The molecule has 1 N–H and O–H groups in total. The topological polar surface area (TPSA) is 94.2 Å². The van der Waals surface area contributed by atoms with Crippen LogP contribution in [0.5, 0.6) is 17.2 Å². The second kappa shape index (κ2) is 7.97. The normalized spacial score (nSPS) is 12.7. The summed E-state index contributed by atoms with van der Waals surface area (Å²) in [4.78, 5) is 12.4. The van der Waals surface area contributed by atoms with Gasteiger partial charge in [-0.05, 0) is 50.2 Å². The largest absolute Gasteiger partial charge is 0.491 e. The molecular weight excluding hydrogens is 384 g/mol. The van der Waals surface area contributed by atoms with Crippen LogP contribution >= 0.6 is 0 Å². The number of hydrogen-bond donors (Lipinski definition) is 1. The standard InChI is InChI=1S/C19H22N2O6S/c1-13(2)27-16-7-5-15(6-8-16)21(28(3,23)24)11-19(22)20-14-4-9-17-18(10-14)26-12-25-17/h4-10,13H,11-12H2,1-3H3,(H,20,22). The maximum Gasteiger partial charge on any atom is 0.245 e. The average molecular weight is 406 g/mol. The average Bonchev–Trinajstić information content (AvgIpc) is 3.07. The van der Waals surface area contributed by atoms with Gasteiger partial charge in [0.25, 0.3) is 0 Å². The van der Waals surface area contributed by atoms with E-state index in [1.54, 1.807) is 42.5 Å². The molecule has 9 heteroatoms. The summed E-state index contributed by atoms with van der Waals surface area (Å²) in [5.74, 6) is 1.27. The van der Waals surface area contributed by atoms with Crippen LogP contribution in [0, 0.1) is 0 Å². The third-order valence-electron chi connectivity index (χ3n) is 3.84. The first kappa shape index (κ1) is 19.8. The molecule has 2 aromatic rings. The molecule has 1 heterocycles. The van der Waals surface area contributed by atoms with Crippen molar-refractivity contribution in [2.24, 2.45) is 0 Å². The van der Waals surface area contributed by atoms with E-state index in [4.69, 9.17) is 14.2 Å². The van der Waals surface area contributed by atoms with E-state index < -0.39 is 15.9 Å². The van der Waals surface area contributed by atoms with Crippen molar-refractivity contribution >= 4 is 27.3 Å². The zero-order valence-electron chi connectivity index (χ0n) is 15.8. The molecule has 8 nitrogen and oxygen atoms in total. The Hall–Kier alpha value is -2.94. The fourth-order valence-corrected chi connectivity index (χ4v) is 3.52. The monoisotopic (exact) mass is 406 g/mol. The van der Waals surface area contributed by atoms with Gasteiger partial charge in [-0.3, -0.25) is 9.10 Å². The van der Waals surface area contributed by atoms with Crippen LogP contribution in [0.3, 0.4) is 0 Å². The van der Waals surface area contributed by atoms with E-state index in [9.17, 15) is 13.2 Å². The van der Waals surface area contributed by atoms with Gasteiger partial charge in [-0.1, -0.05) is 0 Å². The van der Waals surface area contributed by atoms with E-state index in [1.165, 1.54) is 0 Å². The minimum atomic E-state index is -3.66. The van der Waals surface area contributed by atoms with Crippen LogP contribution in [0.2, 0.25) is 0 Å². The minimum Gasteiger partial charge on any atom is -0.491 e. The molecule has 0 bridgehead atoms. The van der Waals surface area contributed by atoms with Crippen LogP contribution in [0.15, 0.2) is 42.5 Å². The fourth-order valence-electron chi connectivity index (χ4n) is 2.67. The summed E-state index contributed by atoms with van der Waals surface area (Å²) in [5.41, 5.74) is 0.864. The summed E-state index contributed by atoms with van der Waals surface area (Å²) < 4.78 is 41.5. The molecule has 0 unspecified atom stereocenters. The maximum atomic E-state index is 12.4. The highest BCUT2D eigenvalue weighted by atomic mass is 32.2. The predicted octanol–water partition coefficient (Wildman–Crippen LogP) is 2.61. The Balaban J connectivity index is 1.73. The van der Waals surface area contributed by atoms with Gasteiger partial charge in [0.2, 0.25) is 22.7 Å². The van der Waals surface area contributed by atoms with Gasteiger partial charge in [0.15, 0.2) is 11.5 Å². The number of carbonyl (C=O) groups excluding carboxylic acids is 1. The quantitative estimate of drug-likeness (QED) is 0.760. The summed E-state index contributed by atoms with van der Waals surface area (Å²) >= 11 is 0. The van der Waals surface area contributed by atoms with Gasteiger partial charge >= 0.3 is 0 Å². The number of anilines is 2. The second-order valence-corrected chi connectivity index (χ2v) is 8.45. The van der Waals surface area contributed by atoms with Gasteiger partial charge in [0, 0.05) is 11.8 Å². The first-order valence-corrected chi connectivity index (χ1v) is 10.5. The Labute approximate surface area is 164 Å². The molecule has 1 aliphatic rings. The smallest absolute Gasteiger partial charge is 0.245 e. The Morgan fingerprint density at radius 2 is 1.82 bits per heavy atom. The summed E-state index contributed by atoms with van der Waals surface area (Å²) in [6.45, 7) is 3.57. The van der Waals surface area contributed by atoms with Gasteiger partial charge in [0.1, 0.15) is 12.3 Å². The summed E-state index contributed by atoms with van der Waals surface area (Å²) in [5, 5.41) is 2.68. The lowest BCUT2D eigenvalue weighted by atomic mass is 10.2. The molecule has 0 atom stereocenters. The molecule has 0 fully saturated rings.